The van der Waals surface area contributed by atoms with E-state index in [1.807, 2.05) is 0 Å². The second-order valence-corrected chi connectivity index (χ2v) is 4.83. The Labute approximate surface area is 112 Å². The van der Waals surface area contributed by atoms with Gasteiger partial charge in [-0.1, -0.05) is 0 Å². The van der Waals surface area contributed by atoms with Gasteiger partial charge in [-0.25, -0.2) is 18.1 Å². The Balaban J connectivity index is 2.10. The summed E-state index contributed by atoms with van der Waals surface area (Å²) in [6.45, 7) is 0. The van der Waals surface area contributed by atoms with Gasteiger partial charge in [0.2, 0.25) is 0 Å². The van der Waals surface area contributed by atoms with Crippen LogP contribution in [0.15, 0.2) is 23.3 Å². The van der Waals surface area contributed by atoms with Gasteiger partial charge in [0.1, 0.15) is 11.5 Å². The van der Waals surface area contributed by atoms with Crippen LogP contribution in [-0.2, 0) is 9.59 Å². The number of amides is 2. The van der Waals surface area contributed by atoms with E-state index in [0.29, 0.717) is 41.0 Å². The number of carbonyl (C=O) groups excluding carboxylic acids is 2. The van der Waals surface area contributed by atoms with Gasteiger partial charge in [-0.05, 0) is 25.7 Å². The third-order valence-electron chi connectivity index (χ3n) is 3.60. The SMILES string of the molecule is O=C1C2=C(CCCC2)C(=O)N1c1c(F)cc(F)cc1F. The topological polar surface area (TPSA) is 37.4 Å². The number of hydrogen-bond donors (Lipinski definition) is 0. The lowest BCUT2D eigenvalue weighted by molar-refractivity contribution is -0.120. The maximum absolute atomic E-state index is 13.7. The fourth-order valence-corrected chi connectivity index (χ4v) is 2.69. The fraction of sp³-hybridized carbons (Fsp3) is 0.286. The van der Waals surface area contributed by atoms with Crippen molar-refractivity contribution < 1.29 is 22.8 Å². The first-order chi connectivity index (χ1) is 9.50. The number of benzene rings is 1. The largest absolute Gasteiger partial charge is 0.269 e. The molecule has 0 fully saturated rings. The molecule has 1 aromatic carbocycles. The van der Waals surface area contributed by atoms with Crippen molar-refractivity contribution in [3.8, 4) is 0 Å². The highest BCUT2D eigenvalue weighted by Crippen LogP contribution is 2.37. The Morgan fingerprint density at radius 2 is 1.30 bits per heavy atom. The summed E-state index contributed by atoms with van der Waals surface area (Å²) in [7, 11) is 0. The number of carbonyl (C=O) groups is 2. The molecule has 0 atom stereocenters. The number of hydrogen-bond acceptors (Lipinski definition) is 2. The standard InChI is InChI=1S/C14H10F3NO2/c15-7-5-10(16)12(11(17)6-7)18-13(19)8-3-1-2-4-9(8)14(18)20/h5-6H,1-4H2. The van der Waals surface area contributed by atoms with Crippen LogP contribution in [0.1, 0.15) is 25.7 Å². The molecule has 6 heteroatoms. The number of imide groups is 1. The monoisotopic (exact) mass is 281 g/mol. The van der Waals surface area contributed by atoms with Crippen molar-refractivity contribution in [1.29, 1.82) is 0 Å². The maximum atomic E-state index is 13.7. The van der Waals surface area contributed by atoms with Crippen molar-refractivity contribution in [2.45, 2.75) is 25.7 Å². The summed E-state index contributed by atoms with van der Waals surface area (Å²) in [5.74, 6) is -5.02. The van der Waals surface area contributed by atoms with Gasteiger partial charge in [-0.15, -0.1) is 0 Å². The smallest absolute Gasteiger partial charge is 0.261 e. The molecule has 1 aliphatic carbocycles. The third-order valence-corrected chi connectivity index (χ3v) is 3.60. The molecule has 1 heterocycles. The van der Waals surface area contributed by atoms with Crippen molar-refractivity contribution in [3.63, 3.8) is 0 Å². The first-order valence-electron chi connectivity index (χ1n) is 6.26. The Hall–Kier alpha value is -2.11. The van der Waals surface area contributed by atoms with Gasteiger partial charge in [0.15, 0.2) is 11.6 Å². The van der Waals surface area contributed by atoms with Crippen LogP contribution in [-0.4, -0.2) is 11.8 Å². The minimum absolute atomic E-state index is 0.323. The van der Waals surface area contributed by atoms with E-state index in [4.69, 9.17) is 0 Å². The molecule has 0 radical (unpaired) electrons. The maximum Gasteiger partial charge on any atom is 0.261 e. The van der Waals surface area contributed by atoms with Gasteiger partial charge in [0.25, 0.3) is 11.8 Å². The second kappa shape index (κ2) is 4.47. The lowest BCUT2D eigenvalue weighted by Gasteiger charge is -2.16. The molecule has 0 saturated carbocycles. The van der Waals surface area contributed by atoms with E-state index in [0.717, 1.165) is 12.8 Å². The molecule has 0 aromatic heterocycles. The molecule has 3 nitrogen and oxygen atoms in total. The Kier molecular flexibility index (Phi) is 2.88. The number of rotatable bonds is 1. The molecular weight excluding hydrogens is 271 g/mol. The van der Waals surface area contributed by atoms with Crippen molar-refractivity contribution in [3.05, 3.63) is 40.7 Å². The Bertz CT molecular complexity index is 615. The first-order valence-corrected chi connectivity index (χ1v) is 6.26. The molecule has 3 rings (SSSR count). The zero-order valence-corrected chi connectivity index (χ0v) is 10.4. The van der Waals surface area contributed by atoms with Gasteiger partial charge in [-0.3, -0.25) is 9.59 Å². The molecule has 104 valence electrons. The van der Waals surface area contributed by atoms with Crippen LogP contribution < -0.4 is 4.90 Å². The van der Waals surface area contributed by atoms with E-state index in [1.54, 1.807) is 0 Å². The van der Waals surface area contributed by atoms with Gasteiger partial charge in [0.05, 0.1) is 0 Å². The minimum atomic E-state index is -1.26. The summed E-state index contributed by atoms with van der Waals surface area (Å²) in [6.07, 6.45) is 2.39. The van der Waals surface area contributed by atoms with Gasteiger partial charge in [0, 0.05) is 23.3 Å². The first kappa shape index (κ1) is 12.9. The van der Waals surface area contributed by atoms with E-state index < -0.39 is 35.0 Å². The predicted octanol–water partition coefficient (Wildman–Crippen LogP) is 2.85. The molecule has 0 N–H and O–H groups in total. The van der Waals surface area contributed by atoms with Gasteiger partial charge >= 0.3 is 0 Å². The molecule has 2 amide bonds. The zero-order valence-electron chi connectivity index (χ0n) is 10.4. The van der Waals surface area contributed by atoms with E-state index in [-0.39, 0.29) is 0 Å². The van der Waals surface area contributed by atoms with E-state index in [9.17, 15) is 22.8 Å². The van der Waals surface area contributed by atoms with E-state index in [2.05, 4.69) is 0 Å². The van der Waals surface area contributed by atoms with Crippen LogP contribution >= 0.6 is 0 Å². The molecule has 1 aromatic rings. The van der Waals surface area contributed by atoms with Crippen molar-refractivity contribution >= 4 is 17.5 Å². The summed E-state index contributed by atoms with van der Waals surface area (Å²) in [6, 6.07) is 0.909. The van der Waals surface area contributed by atoms with Crippen LogP contribution in [0.4, 0.5) is 18.9 Å². The average molecular weight is 281 g/mol. The van der Waals surface area contributed by atoms with Crippen LogP contribution in [0.3, 0.4) is 0 Å². The van der Waals surface area contributed by atoms with Crippen LogP contribution in [0, 0.1) is 17.5 Å². The Morgan fingerprint density at radius 3 is 1.75 bits per heavy atom. The van der Waals surface area contributed by atoms with Crippen molar-refractivity contribution in [1.82, 2.24) is 0 Å². The molecule has 0 bridgehead atoms. The zero-order chi connectivity index (χ0) is 14.4. The molecule has 0 spiro atoms. The number of halogens is 3. The minimum Gasteiger partial charge on any atom is -0.269 e. The average Bonchev–Trinajstić information content (AvgIpc) is 2.64. The van der Waals surface area contributed by atoms with Gasteiger partial charge < -0.3 is 0 Å². The lowest BCUT2D eigenvalue weighted by Crippen LogP contribution is -2.33. The number of anilines is 1. The molecule has 1 aliphatic heterocycles. The number of nitrogens with zero attached hydrogens (tertiary/aromatic N) is 1. The normalized spacial score (nSPS) is 18.9. The second-order valence-electron chi connectivity index (χ2n) is 4.83. The summed E-state index contributed by atoms with van der Waals surface area (Å²) >= 11 is 0. The molecule has 20 heavy (non-hydrogen) atoms. The summed E-state index contributed by atoms with van der Waals surface area (Å²) in [5, 5.41) is 0. The third kappa shape index (κ3) is 1.75. The highest BCUT2D eigenvalue weighted by Gasteiger charge is 2.42. The molecular formula is C14H10F3NO2. The van der Waals surface area contributed by atoms with Crippen LogP contribution in [0.5, 0.6) is 0 Å². The molecule has 0 saturated heterocycles. The van der Waals surface area contributed by atoms with Crippen LogP contribution in [0.25, 0.3) is 0 Å². The summed E-state index contributed by atoms with van der Waals surface area (Å²) in [4.78, 5) is 24.8. The fourth-order valence-electron chi connectivity index (χ4n) is 2.69. The lowest BCUT2D eigenvalue weighted by atomic mass is 9.93. The molecule has 2 aliphatic rings. The quantitative estimate of drug-likeness (QED) is 0.742. The van der Waals surface area contributed by atoms with Crippen LogP contribution in [0.2, 0.25) is 0 Å². The Morgan fingerprint density at radius 1 is 0.850 bits per heavy atom. The highest BCUT2D eigenvalue weighted by molar-refractivity contribution is 6.33. The van der Waals surface area contributed by atoms with E-state index >= 15 is 0 Å². The van der Waals surface area contributed by atoms with Gasteiger partial charge in [-0.2, -0.15) is 0 Å². The van der Waals surface area contributed by atoms with Crippen molar-refractivity contribution in [2.24, 2.45) is 0 Å². The summed E-state index contributed by atoms with van der Waals surface area (Å²) in [5.41, 5.74) is -0.149. The van der Waals surface area contributed by atoms with E-state index in [1.165, 1.54) is 0 Å². The summed E-state index contributed by atoms with van der Waals surface area (Å²) < 4.78 is 40.4. The van der Waals surface area contributed by atoms with Crippen molar-refractivity contribution in [2.75, 3.05) is 4.90 Å². The highest BCUT2D eigenvalue weighted by atomic mass is 19.1. The molecule has 0 unspecified atom stereocenters. The predicted molar refractivity (Wildman–Crippen MR) is 64.3 cm³/mol.